The van der Waals surface area contributed by atoms with Crippen LogP contribution in [0.5, 0.6) is 11.5 Å². The van der Waals surface area contributed by atoms with Crippen LogP contribution in [0, 0.1) is 0 Å². The zero-order valence-corrected chi connectivity index (χ0v) is 18.0. The van der Waals surface area contributed by atoms with Crippen LogP contribution in [0.1, 0.15) is 16.8 Å². The van der Waals surface area contributed by atoms with Crippen LogP contribution in [0.15, 0.2) is 36.4 Å². The summed E-state index contributed by atoms with van der Waals surface area (Å²) in [4.78, 5) is 14.6. The maximum absolute atomic E-state index is 12.4. The van der Waals surface area contributed by atoms with Gasteiger partial charge in [-0.1, -0.05) is 23.2 Å². The van der Waals surface area contributed by atoms with Gasteiger partial charge in [0.25, 0.3) is 5.91 Å². The molecule has 9 heteroatoms. The molecule has 2 aromatic rings. The van der Waals surface area contributed by atoms with Crippen LogP contribution < -0.4 is 15.8 Å². The SMILES string of the molecule is Nc1cc(O)c(C(=O)NCC2CN(CCCOc3ccc(Cl)cc3)CCO2)cc1Cl. The van der Waals surface area contributed by atoms with Crippen molar-refractivity contribution in [1.82, 2.24) is 10.2 Å². The monoisotopic (exact) mass is 453 g/mol. The third-order valence-corrected chi connectivity index (χ3v) is 5.35. The molecule has 1 unspecified atom stereocenters. The topological polar surface area (TPSA) is 97.0 Å². The summed E-state index contributed by atoms with van der Waals surface area (Å²) in [5, 5.41) is 13.6. The standard InChI is InChI=1S/C21H25Cl2N3O4/c22-14-2-4-15(5-3-14)29-8-1-6-26-7-9-30-16(13-26)12-25-21(28)17-10-18(23)19(24)11-20(17)27/h2-5,10-11,16,27H,1,6-9,12-13,24H2,(H,25,28). The summed E-state index contributed by atoms with van der Waals surface area (Å²) in [7, 11) is 0. The van der Waals surface area contributed by atoms with Crippen molar-refractivity contribution in [3.05, 3.63) is 52.0 Å². The van der Waals surface area contributed by atoms with Crippen LogP contribution in [-0.4, -0.2) is 61.4 Å². The Labute approximate surface area is 185 Å². The molecular formula is C21H25Cl2N3O4. The summed E-state index contributed by atoms with van der Waals surface area (Å²) in [6.45, 7) is 3.94. The second kappa shape index (κ2) is 10.7. The van der Waals surface area contributed by atoms with E-state index in [9.17, 15) is 9.90 Å². The van der Waals surface area contributed by atoms with Crippen molar-refractivity contribution in [3.8, 4) is 11.5 Å². The molecule has 30 heavy (non-hydrogen) atoms. The highest BCUT2D eigenvalue weighted by atomic mass is 35.5. The number of benzene rings is 2. The molecule has 1 fully saturated rings. The zero-order chi connectivity index (χ0) is 21.5. The molecule has 1 atom stereocenters. The number of rotatable bonds is 8. The Balaban J connectivity index is 1.40. The molecule has 0 aromatic heterocycles. The molecule has 1 amide bonds. The van der Waals surface area contributed by atoms with Gasteiger partial charge in [0.2, 0.25) is 0 Å². The molecule has 162 valence electrons. The first-order valence-corrected chi connectivity index (χ1v) is 10.5. The Kier molecular flexibility index (Phi) is 8.04. The van der Waals surface area contributed by atoms with Gasteiger partial charge in [-0.3, -0.25) is 9.69 Å². The first-order valence-electron chi connectivity index (χ1n) is 9.71. The van der Waals surface area contributed by atoms with Gasteiger partial charge in [-0.25, -0.2) is 0 Å². The molecule has 0 spiro atoms. The number of nitrogen functional groups attached to an aromatic ring is 1. The largest absolute Gasteiger partial charge is 0.507 e. The Morgan fingerprint density at radius 1 is 1.30 bits per heavy atom. The normalized spacial score (nSPS) is 16.9. The maximum Gasteiger partial charge on any atom is 0.255 e. The van der Waals surface area contributed by atoms with Crippen molar-refractivity contribution >= 4 is 34.8 Å². The third-order valence-electron chi connectivity index (χ3n) is 4.77. The Hall–Kier alpha value is -2.19. The lowest BCUT2D eigenvalue weighted by molar-refractivity contribution is -0.0274. The maximum atomic E-state index is 12.4. The zero-order valence-electron chi connectivity index (χ0n) is 16.4. The minimum absolute atomic E-state index is 0.0845. The van der Waals surface area contributed by atoms with Gasteiger partial charge in [-0.15, -0.1) is 0 Å². The minimum atomic E-state index is -0.425. The quantitative estimate of drug-likeness (QED) is 0.419. The third kappa shape index (κ3) is 6.40. The predicted molar refractivity (Wildman–Crippen MR) is 118 cm³/mol. The summed E-state index contributed by atoms with van der Waals surface area (Å²) in [6.07, 6.45) is 0.741. The van der Waals surface area contributed by atoms with E-state index in [2.05, 4.69) is 10.2 Å². The Bertz CT molecular complexity index is 864. The van der Waals surface area contributed by atoms with E-state index in [1.165, 1.54) is 12.1 Å². The number of phenolic OH excluding ortho intramolecular Hbond substituents is 1. The van der Waals surface area contributed by atoms with Gasteiger partial charge in [0.15, 0.2) is 0 Å². The average molecular weight is 454 g/mol. The molecule has 1 aliphatic heterocycles. The van der Waals surface area contributed by atoms with Crippen molar-refractivity contribution in [2.75, 3.05) is 45.1 Å². The van der Waals surface area contributed by atoms with Gasteiger partial charge in [-0.05, 0) is 36.8 Å². The van der Waals surface area contributed by atoms with Crippen LogP contribution >= 0.6 is 23.2 Å². The van der Waals surface area contributed by atoms with Gasteiger partial charge < -0.3 is 25.6 Å². The number of halogens is 2. The second-order valence-corrected chi connectivity index (χ2v) is 7.89. The fourth-order valence-corrected chi connectivity index (χ4v) is 3.47. The summed E-state index contributed by atoms with van der Waals surface area (Å²) < 4.78 is 11.5. The minimum Gasteiger partial charge on any atom is -0.507 e. The van der Waals surface area contributed by atoms with E-state index in [1.807, 2.05) is 12.1 Å². The number of ether oxygens (including phenoxy) is 2. The van der Waals surface area contributed by atoms with Crippen LogP contribution in [0.4, 0.5) is 5.69 Å². The van der Waals surface area contributed by atoms with E-state index in [4.69, 9.17) is 38.4 Å². The van der Waals surface area contributed by atoms with E-state index in [0.29, 0.717) is 31.3 Å². The van der Waals surface area contributed by atoms with E-state index < -0.39 is 5.91 Å². The number of anilines is 1. The fourth-order valence-electron chi connectivity index (χ4n) is 3.18. The van der Waals surface area contributed by atoms with Crippen LogP contribution in [0.3, 0.4) is 0 Å². The van der Waals surface area contributed by atoms with Crippen molar-refractivity contribution in [2.24, 2.45) is 0 Å². The molecule has 0 radical (unpaired) electrons. The fraction of sp³-hybridized carbons (Fsp3) is 0.381. The summed E-state index contributed by atoms with van der Waals surface area (Å²) in [5.74, 6) is 0.167. The molecule has 1 heterocycles. The number of amides is 1. The lowest BCUT2D eigenvalue weighted by Gasteiger charge is -2.33. The predicted octanol–water partition coefficient (Wildman–Crippen LogP) is 3.18. The number of aromatic hydroxyl groups is 1. The lowest BCUT2D eigenvalue weighted by Crippen LogP contribution is -2.47. The molecule has 0 saturated carbocycles. The molecule has 2 aromatic carbocycles. The summed E-state index contributed by atoms with van der Waals surface area (Å²) in [5.41, 5.74) is 5.93. The van der Waals surface area contributed by atoms with Gasteiger partial charge in [0.05, 0.1) is 35.6 Å². The number of morpholine rings is 1. The van der Waals surface area contributed by atoms with Crippen LogP contribution in [0.2, 0.25) is 10.0 Å². The molecule has 0 bridgehead atoms. The van der Waals surface area contributed by atoms with E-state index in [1.54, 1.807) is 12.1 Å². The van der Waals surface area contributed by atoms with Gasteiger partial charge in [0.1, 0.15) is 11.5 Å². The number of carbonyl (C=O) groups excluding carboxylic acids is 1. The van der Waals surface area contributed by atoms with E-state index in [0.717, 1.165) is 25.3 Å². The van der Waals surface area contributed by atoms with Gasteiger partial charge in [-0.2, -0.15) is 0 Å². The number of nitrogens with one attached hydrogen (secondary N) is 1. The highest BCUT2D eigenvalue weighted by Gasteiger charge is 2.22. The van der Waals surface area contributed by atoms with Gasteiger partial charge >= 0.3 is 0 Å². The first-order chi connectivity index (χ1) is 14.4. The number of nitrogens with zero attached hydrogens (tertiary/aromatic N) is 1. The summed E-state index contributed by atoms with van der Waals surface area (Å²) >= 11 is 11.8. The molecule has 1 saturated heterocycles. The van der Waals surface area contributed by atoms with Crippen molar-refractivity contribution in [1.29, 1.82) is 0 Å². The second-order valence-electron chi connectivity index (χ2n) is 7.05. The number of hydrogen-bond acceptors (Lipinski definition) is 6. The number of hydrogen-bond donors (Lipinski definition) is 3. The molecule has 4 N–H and O–H groups in total. The first kappa shape index (κ1) is 22.5. The van der Waals surface area contributed by atoms with Crippen LogP contribution in [0.25, 0.3) is 0 Å². The molecule has 0 aliphatic carbocycles. The van der Waals surface area contributed by atoms with Crippen molar-refractivity contribution in [3.63, 3.8) is 0 Å². The molecule has 7 nitrogen and oxygen atoms in total. The lowest BCUT2D eigenvalue weighted by atomic mass is 10.1. The number of phenols is 1. The van der Waals surface area contributed by atoms with Gasteiger partial charge in [0, 0.05) is 37.3 Å². The average Bonchev–Trinajstić information content (AvgIpc) is 2.74. The molecular weight excluding hydrogens is 429 g/mol. The van der Waals surface area contributed by atoms with Crippen LogP contribution in [-0.2, 0) is 4.74 Å². The molecule has 1 aliphatic rings. The Morgan fingerprint density at radius 2 is 2.07 bits per heavy atom. The number of nitrogens with two attached hydrogens (primary N) is 1. The highest BCUT2D eigenvalue weighted by Crippen LogP contribution is 2.27. The summed E-state index contributed by atoms with van der Waals surface area (Å²) in [6, 6.07) is 9.92. The van der Waals surface area contributed by atoms with E-state index in [-0.39, 0.29) is 28.1 Å². The van der Waals surface area contributed by atoms with Crippen molar-refractivity contribution < 1.29 is 19.4 Å². The highest BCUT2D eigenvalue weighted by molar-refractivity contribution is 6.33. The Morgan fingerprint density at radius 3 is 2.83 bits per heavy atom. The molecule has 3 rings (SSSR count). The number of carbonyl (C=O) groups is 1. The van der Waals surface area contributed by atoms with Crippen molar-refractivity contribution in [2.45, 2.75) is 12.5 Å². The smallest absolute Gasteiger partial charge is 0.255 e. The van der Waals surface area contributed by atoms with E-state index >= 15 is 0 Å².